The molecule has 0 aliphatic carbocycles. The molecule has 0 aliphatic rings. The average Bonchev–Trinajstić information content (AvgIpc) is 3.55. The number of benzene rings is 8. The van der Waals surface area contributed by atoms with Crippen LogP contribution in [0, 0.1) is 55.4 Å². The van der Waals surface area contributed by atoms with Crippen LogP contribution < -0.4 is 28.9 Å². The molecule has 0 fully saturated rings. The van der Waals surface area contributed by atoms with Crippen molar-refractivity contribution in [3.05, 3.63) is 239 Å². The molecule has 79 heavy (non-hydrogen) atoms. The molecular formula is C58H56F6O9S2Te4. The second-order valence-electron chi connectivity index (χ2n) is 18.1. The average molecular weight is 1590 g/mol. The summed E-state index contributed by atoms with van der Waals surface area (Å²) in [5, 5.41) is 0. The molecule has 8 aromatic rings. The molecule has 0 saturated carbocycles. The van der Waals surface area contributed by atoms with Gasteiger partial charge in [-0.25, -0.2) is 16.8 Å². The second-order valence-corrected chi connectivity index (χ2v) is 49.4. The first-order valence-electron chi connectivity index (χ1n) is 23.7. The number of halogens is 6. The fourth-order valence-corrected chi connectivity index (χ4v) is 61.9. The van der Waals surface area contributed by atoms with Gasteiger partial charge in [0, 0.05) is 0 Å². The van der Waals surface area contributed by atoms with Crippen molar-refractivity contribution >= 4 is 127 Å². The topological polar surface area (TPSA) is 142 Å². The Bertz CT molecular complexity index is 3080. The third-order valence-corrected chi connectivity index (χ3v) is 53.5. The molecule has 0 spiro atoms. The molecule has 0 atom stereocenters. The second kappa shape index (κ2) is 27.1. The van der Waals surface area contributed by atoms with E-state index in [2.05, 4.69) is 250 Å². The molecule has 0 aromatic heterocycles. The van der Waals surface area contributed by atoms with Gasteiger partial charge < -0.3 is 9.11 Å². The monoisotopic (exact) mass is 1590 g/mol. The Hall–Kier alpha value is -3.80. The molecule has 21 heteroatoms. The normalized spacial score (nSPS) is 12.8. The molecular weight excluding hydrogens is 1530 g/mol. The van der Waals surface area contributed by atoms with Gasteiger partial charge in [0.25, 0.3) is 0 Å². The first kappa shape index (κ1) is 64.4. The van der Waals surface area contributed by atoms with Gasteiger partial charge in [0.15, 0.2) is 20.2 Å². The van der Waals surface area contributed by atoms with Gasteiger partial charge in [0.05, 0.1) is 0 Å². The number of alkyl halides is 6. The molecule has 0 unspecified atom stereocenters. The molecule has 0 amide bonds. The van der Waals surface area contributed by atoms with Gasteiger partial charge in [-0.15, -0.1) is 0 Å². The fraction of sp³-hybridized carbons (Fsp3) is 0.172. The molecule has 0 aliphatic heterocycles. The minimum absolute atomic E-state index is 1.13. The molecule has 0 saturated heterocycles. The van der Waals surface area contributed by atoms with Crippen LogP contribution in [0.5, 0.6) is 0 Å². The zero-order valence-corrected chi connectivity index (χ0v) is 54.8. The van der Waals surface area contributed by atoms with Gasteiger partial charge in [0.1, 0.15) is 0 Å². The van der Waals surface area contributed by atoms with Gasteiger partial charge in [0.2, 0.25) is 0 Å². The Kier molecular flexibility index (Phi) is 22.1. The maximum atomic E-state index is 10.7. The zero-order valence-electron chi connectivity index (χ0n) is 43.9. The fourth-order valence-electron chi connectivity index (χ4n) is 6.88. The third-order valence-electron chi connectivity index (χ3n) is 11.4. The van der Waals surface area contributed by atoms with Crippen LogP contribution in [0.25, 0.3) is 0 Å². The van der Waals surface area contributed by atoms with Crippen LogP contribution in [0.4, 0.5) is 26.3 Å². The molecule has 0 N–H and O–H groups in total. The summed E-state index contributed by atoms with van der Waals surface area (Å²) in [5.41, 5.74) is -1.59. The summed E-state index contributed by atoms with van der Waals surface area (Å²) in [6.45, 7) is 17.3. The summed E-state index contributed by atoms with van der Waals surface area (Å²) >= 11 is -15.3. The van der Waals surface area contributed by atoms with Crippen molar-refractivity contribution in [2.24, 2.45) is 0 Å². The van der Waals surface area contributed by atoms with E-state index in [4.69, 9.17) is 30.3 Å². The Morgan fingerprint density at radius 3 is 0.595 bits per heavy atom. The van der Waals surface area contributed by atoms with Crippen molar-refractivity contribution in [1.82, 2.24) is 0 Å². The number of rotatable bonds is 14. The summed E-state index contributed by atoms with van der Waals surface area (Å²) in [5.74, 6) is 0. The number of hydrogen-bond donors (Lipinski definition) is 0. The number of aryl methyl sites for hydroxylation is 8. The van der Waals surface area contributed by atoms with E-state index >= 15 is 0 Å². The van der Waals surface area contributed by atoms with Crippen molar-refractivity contribution in [1.29, 1.82) is 0 Å². The van der Waals surface area contributed by atoms with Crippen LogP contribution in [-0.2, 0) is 24.6 Å². The van der Waals surface area contributed by atoms with Crippen LogP contribution >= 0.6 is 0 Å². The first-order chi connectivity index (χ1) is 36.9. The van der Waals surface area contributed by atoms with E-state index in [1.165, 1.54) is 59.0 Å². The van der Waals surface area contributed by atoms with E-state index in [0.717, 1.165) is 14.4 Å². The largest absolute Gasteiger partial charge is 0.741 e. The van der Waals surface area contributed by atoms with E-state index in [1.807, 2.05) is 0 Å². The summed E-state index contributed by atoms with van der Waals surface area (Å²) < 4.78 is 153. The Labute approximate surface area is 483 Å². The predicted molar refractivity (Wildman–Crippen MR) is 304 cm³/mol. The van der Waals surface area contributed by atoms with E-state index in [-0.39, 0.29) is 0 Å². The van der Waals surface area contributed by atoms with Gasteiger partial charge in [-0.3, -0.25) is 0 Å². The molecule has 0 bridgehead atoms. The van der Waals surface area contributed by atoms with Gasteiger partial charge >= 0.3 is 416 Å². The van der Waals surface area contributed by atoms with E-state index in [1.54, 1.807) is 0 Å². The van der Waals surface area contributed by atoms with Crippen molar-refractivity contribution in [2.45, 2.75) is 66.4 Å². The maximum absolute atomic E-state index is 10.7. The molecule has 0 radical (unpaired) electrons. The van der Waals surface area contributed by atoms with Crippen molar-refractivity contribution in [2.75, 3.05) is 0 Å². The van der Waals surface area contributed by atoms with Crippen molar-refractivity contribution in [3.8, 4) is 0 Å². The van der Waals surface area contributed by atoms with Gasteiger partial charge in [-0.1, -0.05) is 0 Å². The van der Waals surface area contributed by atoms with Crippen LogP contribution in [0.2, 0.25) is 0 Å². The smallest absolute Gasteiger partial charge is 0.485 e. The van der Waals surface area contributed by atoms with Gasteiger partial charge in [-0.05, 0) is 0 Å². The van der Waals surface area contributed by atoms with E-state index in [9.17, 15) is 26.3 Å². The Morgan fingerprint density at radius 1 is 0.316 bits per heavy atom. The third kappa shape index (κ3) is 17.1. The standard InChI is InChI=1S/C56H56O3Te4.2CHF3O3S/c1-41-9-25-49(26-10-41)60(50-27-11-42(2)12-28-50)57-62(53-33-17-45(5)18-34-53,54-35-19-46(6)20-36-54)59-63(55-37-21-47(7)22-38-55,56-39-23-48(8)24-40-56)58-61(51-29-13-43(3)14-30-51)52-31-15-44(4)16-32-52;2*2-1(3,4)8(5,6)7/h9-40H,1-8H3;2*(H,5,6,7)/q+2;;/p-2. The first-order valence-corrected chi connectivity index (χ1v) is 41.6. The minimum Gasteiger partial charge on any atom is -0.741 e. The van der Waals surface area contributed by atoms with Gasteiger partial charge in [-0.2, -0.15) is 26.3 Å². The summed E-state index contributed by atoms with van der Waals surface area (Å²) in [6.07, 6.45) is 0. The Balaban J connectivity index is 0.000000549. The Morgan fingerprint density at radius 2 is 0.456 bits per heavy atom. The summed E-state index contributed by atoms with van der Waals surface area (Å²) in [7, 11) is -12.2. The maximum Gasteiger partial charge on any atom is 0.485 e. The van der Waals surface area contributed by atoms with Crippen LogP contribution in [-0.4, -0.2) is 115 Å². The molecule has 420 valence electrons. The quantitative estimate of drug-likeness (QED) is 0.0463. The zero-order chi connectivity index (χ0) is 58.1. The molecule has 8 aromatic carbocycles. The SMILES string of the molecule is Cc1ccc([Te+](O[Te](O[Te](O[Te+](c2ccc(C)cc2)c2ccc(C)cc2)(c2ccc(C)cc2)c2ccc(C)cc2)(c2ccc(C)cc2)c2ccc(C)cc2)c2ccc(C)cc2)cc1.O=S(=O)([O-])C(F)(F)F.O=S(=O)([O-])C(F)(F)F. The van der Waals surface area contributed by atoms with Crippen molar-refractivity contribution < 1.29 is 56.7 Å². The van der Waals surface area contributed by atoms with Crippen LogP contribution in [0.15, 0.2) is 194 Å². The summed E-state index contributed by atoms with van der Waals surface area (Å²) in [6, 6.07) is 72.6. The van der Waals surface area contributed by atoms with E-state index in [0.29, 0.717) is 0 Å². The summed E-state index contributed by atoms with van der Waals surface area (Å²) in [4.78, 5) is 0. The van der Waals surface area contributed by atoms with Crippen LogP contribution in [0.3, 0.4) is 0 Å². The predicted octanol–water partition coefficient (Wildman–Crippen LogP) is 7.73. The molecule has 8 rings (SSSR count). The van der Waals surface area contributed by atoms with E-state index < -0.39 is 109 Å². The van der Waals surface area contributed by atoms with Crippen molar-refractivity contribution in [3.63, 3.8) is 0 Å². The van der Waals surface area contributed by atoms with Crippen LogP contribution in [0.1, 0.15) is 44.5 Å². The molecule has 9 nitrogen and oxygen atoms in total. The molecule has 0 heterocycles. The number of hydrogen-bond acceptors (Lipinski definition) is 9. The minimum atomic E-state index is -6.09.